The van der Waals surface area contributed by atoms with Crippen molar-refractivity contribution in [2.75, 3.05) is 26.2 Å². The van der Waals surface area contributed by atoms with Gasteiger partial charge in [-0.15, -0.1) is 0 Å². The van der Waals surface area contributed by atoms with Gasteiger partial charge in [-0.3, -0.25) is 9.59 Å². The molecular weight excluding hydrogens is 352 g/mol. The number of rotatable bonds is 2. The van der Waals surface area contributed by atoms with Crippen LogP contribution in [0.3, 0.4) is 0 Å². The van der Waals surface area contributed by atoms with Crippen LogP contribution in [0.4, 0.5) is 0 Å². The highest BCUT2D eigenvalue weighted by atomic mass is 16.5. The van der Waals surface area contributed by atoms with Crippen molar-refractivity contribution in [3.63, 3.8) is 0 Å². The number of benzene rings is 2. The van der Waals surface area contributed by atoms with Crippen molar-refractivity contribution in [3.8, 4) is 5.75 Å². The number of hydrogen-bond donors (Lipinski definition) is 0. The Bertz CT molecular complexity index is 878. The van der Waals surface area contributed by atoms with E-state index in [9.17, 15) is 9.59 Å². The van der Waals surface area contributed by atoms with Gasteiger partial charge in [-0.1, -0.05) is 35.9 Å². The van der Waals surface area contributed by atoms with Gasteiger partial charge in [0.2, 0.25) is 5.91 Å². The van der Waals surface area contributed by atoms with Crippen LogP contribution in [0.2, 0.25) is 0 Å². The molecule has 1 saturated heterocycles. The third kappa shape index (κ3) is 3.37. The average Bonchev–Trinajstić information content (AvgIpc) is 2.71. The zero-order chi connectivity index (χ0) is 19.7. The predicted molar refractivity (Wildman–Crippen MR) is 107 cm³/mol. The Labute approximate surface area is 165 Å². The number of nitrogens with zero attached hydrogens (tertiary/aromatic N) is 2. The molecule has 2 heterocycles. The highest BCUT2D eigenvalue weighted by Gasteiger charge is 2.40. The smallest absolute Gasteiger partial charge is 0.254 e. The third-order valence-electron chi connectivity index (χ3n) is 5.79. The molecule has 146 valence electrons. The Morgan fingerprint density at radius 2 is 1.89 bits per heavy atom. The molecule has 2 atom stereocenters. The van der Waals surface area contributed by atoms with Gasteiger partial charge in [-0.25, -0.2) is 0 Å². The first-order valence-electron chi connectivity index (χ1n) is 9.95. The van der Waals surface area contributed by atoms with Crippen molar-refractivity contribution >= 4 is 11.8 Å². The lowest BCUT2D eigenvalue weighted by molar-refractivity contribution is -0.134. The molecule has 2 amide bonds. The van der Waals surface area contributed by atoms with E-state index in [1.807, 2.05) is 72.2 Å². The first-order chi connectivity index (χ1) is 13.6. The maximum atomic E-state index is 13.5. The van der Waals surface area contributed by atoms with Crippen LogP contribution in [0.25, 0.3) is 0 Å². The lowest BCUT2D eigenvalue weighted by Gasteiger charge is -2.44. The van der Waals surface area contributed by atoms with E-state index < -0.39 is 0 Å². The Hall–Kier alpha value is -2.82. The molecule has 1 fully saturated rings. The SMILES string of the molecule is CCN1C[C@H]2COc3ccccc3[C@H]2N(C(=O)c2ccc(C)cc2)CCC1=O. The van der Waals surface area contributed by atoms with E-state index in [0.717, 1.165) is 16.9 Å². The van der Waals surface area contributed by atoms with Crippen molar-refractivity contribution in [1.29, 1.82) is 0 Å². The molecule has 2 aromatic rings. The van der Waals surface area contributed by atoms with Gasteiger partial charge in [-0.05, 0) is 32.0 Å². The summed E-state index contributed by atoms with van der Waals surface area (Å²) < 4.78 is 5.99. The minimum Gasteiger partial charge on any atom is -0.493 e. The third-order valence-corrected chi connectivity index (χ3v) is 5.79. The second kappa shape index (κ2) is 7.66. The molecular formula is C23H26N2O3. The summed E-state index contributed by atoms with van der Waals surface area (Å²) in [5.74, 6) is 0.958. The standard InChI is InChI=1S/C23H26N2O3/c1-3-24-14-18-15-28-20-7-5-4-6-19(20)22(18)25(13-12-21(24)26)23(27)17-10-8-16(2)9-11-17/h4-11,18,22H,3,12-15H2,1-2H3/t18-,22-/m0/s1. The number of para-hydroxylation sites is 1. The van der Waals surface area contributed by atoms with Crippen LogP contribution in [0.5, 0.6) is 5.75 Å². The second-order valence-corrected chi connectivity index (χ2v) is 7.60. The molecule has 2 aliphatic rings. The second-order valence-electron chi connectivity index (χ2n) is 7.60. The summed E-state index contributed by atoms with van der Waals surface area (Å²) in [4.78, 5) is 29.9. The number of hydrogen-bond acceptors (Lipinski definition) is 3. The van der Waals surface area contributed by atoms with E-state index in [1.54, 1.807) is 0 Å². The van der Waals surface area contributed by atoms with E-state index in [0.29, 0.717) is 38.2 Å². The minimum absolute atomic E-state index is 0.0237. The van der Waals surface area contributed by atoms with Crippen LogP contribution in [0, 0.1) is 12.8 Å². The van der Waals surface area contributed by atoms with E-state index in [2.05, 4.69) is 0 Å². The monoisotopic (exact) mass is 378 g/mol. The van der Waals surface area contributed by atoms with E-state index in [1.165, 1.54) is 0 Å². The van der Waals surface area contributed by atoms with E-state index >= 15 is 0 Å². The Morgan fingerprint density at radius 1 is 1.14 bits per heavy atom. The summed E-state index contributed by atoms with van der Waals surface area (Å²) in [6.07, 6.45) is 0.345. The molecule has 0 N–H and O–H groups in total. The number of aryl methyl sites for hydroxylation is 1. The maximum absolute atomic E-state index is 13.5. The zero-order valence-corrected chi connectivity index (χ0v) is 16.4. The Balaban J connectivity index is 1.75. The molecule has 0 aromatic heterocycles. The summed E-state index contributed by atoms with van der Waals surface area (Å²) >= 11 is 0. The van der Waals surface area contributed by atoms with E-state index in [4.69, 9.17) is 4.74 Å². The molecule has 2 aromatic carbocycles. The first kappa shape index (κ1) is 18.5. The summed E-state index contributed by atoms with van der Waals surface area (Å²) in [6, 6.07) is 15.5. The minimum atomic E-state index is -0.0964. The van der Waals surface area contributed by atoms with Gasteiger partial charge in [0.15, 0.2) is 0 Å². The van der Waals surface area contributed by atoms with Crippen molar-refractivity contribution in [2.24, 2.45) is 5.92 Å². The van der Waals surface area contributed by atoms with Crippen molar-refractivity contribution < 1.29 is 14.3 Å². The molecule has 0 bridgehead atoms. The van der Waals surface area contributed by atoms with E-state index in [-0.39, 0.29) is 23.8 Å². The number of fused-ring (bicyclic) bond motifs is 3. The van der Waals surface area contributed by atoms with Crippen LogP contribution in [-0.2, 0) is 4.79 Å². The fourth-order valence-electron chi connectivity index (χ4n) is 4.27. The predicted octanol–water partition coefficient (Wildman–Crippen LogP) is 3.44. The molecule has 5 heteroatoms. The molecule has 0 radical (unpaired) electrons. The van der Waals surface area contributed by atoms with Gasteiger partial charge < -0.3 is 14.5 Å². The largest absolute Gasteiger partial charge is 0.493 e. The van der Waals surface area contributed by atoms with Gasteiger partial charge in [0.25, 0.3) is 5.91 Å². The van der Waals surface area contributed by atoms with Gasteiger partial charge in [-0.2, -0.15) is 0 Å². The molecule has 4 rings (SSSR count). The van der Waals surface area contributed by atoms with Crippen LogP contribution in [-0.4, -0.2) is 47.9 Å². The fraction of sp³-hybridized carbons (Fsp3) is 0.391. The van der Waals surface area contributed by atoms with Crippen molar-refractivity contribution in [2.45, 2.75) is 26.3 Å². The summed E-state index contributed by atoms with van der Waals surface area (Å²) in [5, 5.41) is 0. The first-order valence-corrected chi connectivity index (χ1v) is 9.95. The highest BCUT2D eigenvalue weighted by molar-refractivity contribution is 5.95. The molecule has 2 aliphatic heterocycles. The maximum Gasteiger partial charge on any atom is 0.254 e. The number of carbonyl (C=O) groups is 2. The highest BCUT2D eigenvalue weighted by Crippen LogP contribution is 2.41. The van der Waals surface area contributed by atoms with Crippen LogP contribution >= 0.6 is 0 Å². The summed E-state index contributed by atoms with van der Waals surface area (Å²) in [6.45, 7) is 6.21. The van der Waals surface area contributed by atoms with Gasteiger partial charge in [0.1, 0.15) is 5.75 Å². The Kier molecular flexibility index (Phi) is 5.07. The normalized spacial score (nSPS) is 21.9. The van der Waals surface area contributed by atoms with Gasteiger partial charge >= 0.3 is 0 Å². The fourth-order valence-corrected chi connectivity index (χ4v) is 4.27. The molecule has 0 unspecified atom stereocenters. The lowest BCUT2D eigenvalue weighted by Crippen LogP contribution is -2.51. The quantitative estimate of drug-likeness (QED) is 0.804. The van der Waals surface area contributed by atoms with Gasteiger partial charge in [0, 0.05) is 43.1 Å². The van der Waals surface area contributed by atoms with Gasteiger partial charge in [0.05, 0.1) is 12.6 Å². The van der Waals surface area contributed by atoms with Crippen molar-refractivity contribution in [1.82, 2.24) is 9.80 Å². The molecule has 28 heavy (non-hydrogen) atoms. The molecule has 0 spiro atoms. The number of amides is 2. The summed E-state index contributed by atoms with van der Waals surface area (Å²) in [7, 11) is 0. The van der Waals surface area contributed by atoms with Crippen LogP contribution < -0.4 is 4.74 Å². The molecule has 0 aliphatic carbocycles. The molecule has 0 saturated carbocycles. The zero-order valence-electron chi connectivity index (χ0n) is 16.4. The Morgan fingerprint density at radius 3 is 2.64 bits per heavy atom. The van der Waals surface area contributed by atoms with Crippen LogP contribution in [0.15, 0.2) is 48.5 Å². The number of ether oxygens (including phenoxy) is 1. The topological polar surface area (TPSA) is 49.9 Å². The number of carbonyl (C=O) groups excluding carboxylic acids is 2. The van der Waals surface area contributed by atoms with Crippen molar-refractivity contribution in [3.05, 3.63) is 65.2 Å². The molecule has 5 nitrogen and oxygen atoms in total. The van der Waals surface area contributed by atoms with Crippen LogP contribution in [0.1, 0.15) is 40.9 Å². The average molecular weight is 378 g/mol. The summed E-state index contributed by atoms with van der Waals surface area (Å²) in [5.41, 5.74) is 2.81. The lowest BCUT2D eigenvalue weighted by atomic mass is 9.87.